The highest BCUT2D eigenvalue weighted by atomic mass is 79.9. The second-order valence-corrected chi connectivity index (χ2v) is 7.05. The van der Waals surface area contributed by atoms with E-state index in [2.05, 4.69) is 26.1 Å². The monoisotopic (exact) mass is 340 g/mol. The van der Waals surface area contributed by atoms with E-state index >= 15 is 0 Å². The molecule has 1 spiro atoms. The Bertz CT molecular complexity index is 472. The summed E-state index contributed by atoms with van der Waals surface area (Å²) >= 11 is 3.33. The molecule has 0 amide bonds. The number of nitrogens with one attached hydrogen (secondary N) is 1. The first-order valence-corrected chi connectivity index (χ1v) is 8.43. The summed E-state index contributed by atoms with van der Waals surface area (Å²) < 4.78 is 15.0. The Labute approximate surface area is 128 Å². The van der Waals surface area contributed by atoms with Crippen molar-refractivity contribution in [3.8, 4) is 0 Å². The lowest BCUT2D eigenvalue weighted by atomic mass is 9.81. The van der Waals surface area contributed by atoms with E-state index in [4.69, 9.17) is 0 Å². The Morgan fingerprint density at radius 2 is 1.95 bits per heavy atom. The van der Waals surface area contributed by atoms with Crippen molar-refractivity contribution >= 4 is 21.6 Å². The van der Waals surface area contributed by atoms with Gasteiger partial charge in [0.25, 0.3) is 0 Å². The zero-order chi connectivity index (χ0) is 14.0. The van der Waals surface area contributed by atoms with Crippen molar-refractivity contribution in [3.63, 3.8) is 0 Å². The molecular formula is C16H22BrFN2. The largest absolute Gasteiger partial charge is 0.367 e. The third kappa shape index (κ3) is 3.01. The summed E-state index contributed by atoms with van der Waals surface area (Å²) in [6.07, 6.45) is 7.46. The van der Waals surface area contributed by atoms with E-state index in [0.29, 0.717) is 0 Å². The van der Waals surface area contributed by atoms with E-state index in [1.807, 2.05) is 12.1 Å². The summed E-state index contributed by atoms with van der Waals surface area (Å²) in [4.78, 5) is 2.24. The number of hydrogen-bond acceptors (Lipinski definition) is 2. The molecule has 0 aromatic heterocycles. The molecule has 20 heavy (non-hydrogen) atoms. The summed E-state index contributed by atoms with van der Waals surface area (Å²) in [5.41, 5.74) is 0.954. The van der Waals surface area contributed by atoms with Gasteiger partial charge in [-0.25, -0.2) is 4.39 Å². The molecule has 1 heterocycles. The van der Waals surface area contributed by atoms with Gasteiger partial charge in [0.05, 0.1) is 5.69 Å². The van der Waals surface area contributed by atoms with Crippen molar-refractivity contribution in [2.75, 3.05) is 24.5 Å². The van der Waals surface area contributed by atoms with Crippen LogP contribution in [0, 0.1) is 5.82 Å². The SMILES string of the molecule is Fc1cc(Br)ccc1N1CCCNC2(CCCCC2)C1. The molecule has 0 unspecified atom stereocenters. The van der Waals surface area contributed by atoms with Crippen LogP contribution in [0.2, 0.25) is 0 Å². The maximum absolute atomic E-state index is 14.2. The highest BCUT2D eigenvalue weighted by Crippen LogP contribution is 2.33. The molecular weight excluding hydrogens is 319 g/mol. The Balaban J connectivity index is 1.84. The van der Waals surface area contributed by atoms with Gasteiger partial charge < -0.3 is 10.2 Å². The molecule has 1 N–H and O–H groups in total. The van der Waals surface area contributed by atoms with Gasteiger partial charge in [-0.1, -0.05) is 35.2 Å². The summed E-state index contributed by atoms with van der Waals surface area (Å²) in [7, 11) is 0. The molecule has 4 heteroatoms. The molecule has 110 valence electrons. The van der Waals surface area contributed by atoms with Crippen LogP contribution in [0.1, 0.15) is 38.5 Å². The molecule has 1 aromatic rings. The van der Waals surface area contributed by atoms with E-state index in [9.17, 15) is 4.39 Å². The predicted molar refractivity (Wildman–Crippen MR) is 84.7 cm³/mol. The Kier molecular flexibility index (Phi) is 4.32. The molecule has 0 bridgehead atoms. The summed E-state index contributed by atoms with van der Waals surface area (Å²) in [5, 5.41) is 3.75. The highest BCUT2D eigenvalue weighted by Gasteiger charge is 2.35. The van der Waals surface area contributed by atoms with Gasteiger partial charge in [-0.15, -0.1) is 0 Å². The first-order chi connectivity index (χ1) is 9.69. The minimum absolute atomic E-state index is 0.118. The molecule has 1 saturated carbocycles. The molecule has 2 fully saturated rings. The minimum atomic E-state index is -0.118. The smallest absolute Gasteiger partial charge is 0.147 e. The average Bonchev–Trinajstić information content (AvgIpc) is 2.63. The number of nitrogens with zero attached hydrogens (tertiary/aromatic N) is 1. The van der Waals surface area contributed by atoms with E-state index < -0.39 is 0 Å². The van der Waals surface area contributed by atoms with Crippen LogP contribution in [0.25, 0.3) is 0 Å². The van der Waals surface area contributed by atoms with Crippen LogP contribution >= 0.6 is 15.9 Å². The van der Waals surface area contributed by atoms with E-state index in [0.717, 1.165) is 36.2 Å². The molecule has 3 rings (SSSR count). The van der Waals surface area contributed by atoms with Gasteiger partial charge in [-0.3, -0.25) is 0 Å². The second kappa shape index (κ2) is 6.02. The van der Waals surface area contributed by atoms with Crippen molar-refractivity contribution in [2.24, 2.45) is 0 Å². The summed E-state index contributed by atoms with van der Waals surface area (Å²) in [5.74, 6) is -0.118. The molecule has 0 radical (unpaired) electrons. The van der Waals surface area contributed by atoms with Gasteiger partial charge in [-0.05, 0) is 44.0 Å². The van der Waals surface area contributed by atoms with Crippen LogP contribution in [-0.4, -0.2) is 25.2 Å². The van der Waals surface area contributed by atoms with Crippen LogP contribution < -0.4 is 10.2 Å². The fraction of sp³-hybridized carbons (Fsp3) is 0.625. The van der Waals surface area contributed by atoms with Gasteiger partial charge in [-0.2, -0.15) is 0 Å². The third-order valence-electron chi connectivity index (χ3n) is 4.66. The van der Waals surface area contributed by atoms with Crippen molar-refractivity contribution in [2.45, 2.75) is 44.1 Å². The number of anilines is 1. The molecule has 0 atom stereocenters. The molecule has 1 aliphatic carbocycles. The Morgan fingerprint density at radius 1 is 1.15 bits per heavy atom. The second-order valence-electron chi connectivity index (χ2n) is 6.14. The van der Waals surface area contributed by atoms with Crippen LogP contribution in [0.15, 0.2) is 22.7 Å². The lowest BCUT2D eigenvalue weighted by molar-refractivity contribution is 0.246. The number of hydrogen-bond donors (Lipinski definition) is 1. The first kappa shape index (κ1) is 14.3. The lowest BCUT2D eigenvalue weighted by Crippen LogP contribution is -2.52. The molecule has 1 aromatic carbocycles. The van der Waals surface area contributed by atoms with Gasteiger partial charge in [0.1, 0.15) is 5.82 Å². The maximum atomic E-state index is 14.2. The van der Waals surface area contributed by atoms with Gasteiger partial charge in [0.2, 0.25) is 0 Å². The van der Waals surface area contributed by atoms with E-state index in [1.54, 1.807) is 6.07 Å². The average molecular weight is 341 g/mol. The van der Waals surface area contributed by atoms with Gasteiger partial charge >= 0.3 is 0 Å². The zero-order valence-corrected chi connectivity index (χ0v) is 13.4. The molecule has 2 aliphatic rings. The van der Waals surface area contributed by atoms with Crippen LogP contribution in [0.3, 0.4) is 0 Å². The zero-order valence-electron chi connectivity index (χ0n) is 11.8. The van der Waals surface area contributed by atoms with Crippen molar-refractivity contribution in [1.29, 1.82) is 0 Å². The number of benzene rings is 1. The molecule has 1 saturated heterocycles. The Hall–Kier alpha value is -0.610. The molecule has 1 aliphatic heterocycles. The maximum Gasteiger partial charge on any atom is 0.147 e. The fourth-order valence-corrected chi connectivity index (χ4v) is 3.96. The van der Waals surface area contributed by atoms with E-state index in [1.165, 1.54) is 32.1 Å². The number of rotatable bonds is 1. The summed E-state index contributed by atoms with van der Waals surface area (Å²) in [6.45, 7) is 2.92. The molecule has 2 nitrogen and oxygen atoms in total. The van der Waals surface area contributed by atoms with Crippen LogP contribution in [-0.2, 0) is 0 Å². The lowest BCUT2D eigenvalue weighted by Gasteiger charge is -2.40. The van der Waals surface area contributed by atoms with Gasteiger partial charge in [0.15, 0.2) is 0 Å². The Morgan fingerprint density at radius 3 is 2.70 bits per heavy atom. The normalized spacial score (nSPS) is 22.8. The van der Waals surface area contributed by atoms with Crippen LogP contribution in [0.4, 0.5) is 10.1 Å². The fourth-order valence-electron chi connectivity index (χ4n) is 3.63. The van der Waals surface area contributed by atoms with Crippen LogP contribution in [0.5, 0.6) is 0 Å². The topological polar surface area (TPSA) is 15.3 Å². The standard InChI is InChI=1S/C16H22BrFN2/c17-13-5-6-15(14(18)11-13)20-10-4-9-19-16(12-20)7-2-1-3-8-16/h5-6,11,19H,1-4,7-10,12H2. The van der Waals surface area contributed by atoms with Gasteiger partial charge in [0, 0.05) is 23.1 Å². The van der Waals surface area contributed by atoms with Crippen molar-refractivity contribution in [1.82, 2.24) is 5.32 Å². The predicted octanol–water partition coefficient (Wildman–Crippen LogP) is 4.09. The quantitative estimate of drug-likeness (QED) is 0.828. The highest BCUT2D eigenvalue weighted by molar-refractivity contribution is 9.10. The number of halogens is 2. The van der Waals surface area contributed by atoms with E-state index in [-0.39, 0.29) is 11.4 Å². The summed E-state index contributed by atoms with van der Waals surface area (Å²) in [6, 6.07) is 5.41. The van der Waals surface area contributed by atoms with Crippen molar-refractivity contribution < 1.29 is 4.39 Å². The third-order valence-corrected chi connectivity index (χ3v) is 5.15. The van der Waals surface area contributed by atoms with Crippen molar-refractivity contribution in [3.05, 3.63) is 28.5 Å². The minimum Gasteiger partial charge on any atom is -0.367 e. The first-order valence-electron chi connectivity index (χ1n) is 7.64.